The molecule has 0 saturated heterocycles. The molecule has 0 heterocycles. The molecule has 5 nitrogen and oxygen atoms in total. The van der Waals surface area contributed by atoms with E-state index in [1.807, 2.05) is 54.4 Å². The lowest BCUT2D eigenvalue weighted by Crippen LogP contribution is -2.21. The van der Waals surface area contributed by atoms with Crippen molar-refractivity contribution in [1.82, 2.24) is 4.90 Å². The molecule has 0 aliphatic rings. The van der Waals surface area contributed by atoms with Crippen molar-refractivity contribution in [2.45, 2.75) is 13.0 Å². The van der Waals surface area contributed by atoms with Gasteiger partial charge in [0.25, 0.3) is 0 Å². The van der Waals surface area contributed by atoms with Crippen LogP contribution in [0, 0.1) is 0 Å². The largest absolute Gasteiger partial charge is 0.493 e. The van der Waals surface area contributed by atoms with E-state index in [2.05, 4.69) is 0 Å². The van der Waals surface area contributed by atoms with Crippen molar-refractivity contribution in [3.05, 3.63) is 48.0 Å². The molecule has 0 spiro atoms. The first kappa shape index (κ1) is 17.8. The van der Waals surface area contributed by atoms with Crippen LogP contribution in [0.4, 0.5) is 0 Å². The van der Waals surface area contributed by atoms with Gasteiger partial charge < -0.3 is 19.5 Å². The number of hydrogen-bond acceptors (Lipinski definition) is 4. The summed E-state index contributed by atoms with van der Waals surface area (Å²) >= 11 is 0. The molecular formula is C19H23NO4. The summed E-state index contributed by atoms with van der Waals surface area (Å²) in [6, 6.07) is 14.0. The van der Waals surface area contributed by atoms with Gasteiger partial charge in [0, 0.05) is 13.1 Å². The monoisotopic (exact) mass is 329 g/mol. The molecule has 1 N–H and O–H groups in total. The van der Waals surface area contributed by atoms with E-state index in [4.69, 9.17) is 14.6 Å². The molecule has 128 valence electrons. The summed E-state index contributed by atoms with van der Waals surface area (Å²) in [4.78, 5) is 12.8. The van der Waals surface area contributed by atoms with Crippen LogP contribution in [0.5, 0.6) is 11.5 Å². The number of nitrogens with zero attached hydrogens (tertiary/aromatic N) is 1. The first-order valence-electron chi connectivity index (χ1n) is 7.75. The van der Waals surface area contributed by atoms with E-state index in [-0.39, 0.29) is 6.42 Å². The van der Waals surface area contributed by atoms with E-state index in [9.17, 15) is 4.79 Å². The highest BCUT2D eigenvalue weighted by Crippen LogP contribution is 2.36. The first-order valence-corrected chi connectivity index (χ1v) is 7.75. The van der Waals surface area contributed by atoms with Crippen molar-refractivity contribution in [1.29, 1.82) is 0 Å². The molecular weight excluding hydrogens is 306 g/mol. The van der Waals surface area contributed by atoms with Crippen LogP contribution in [0.3, 0.4) is 0 Å². The van der Waals surface area contributed by atoms with Crippen LogP contribution in [0.25, 0.3) is 11.1 Å². The smallest absolute Gasteiger partial charge is 0.304 e. The lowest BCUT2D eigenvalue weighted by Gasteiger charge is -2.20. The van der Waals surface area contributed by atoms with Gasteiger partial charge in [0.15, 0.2) is 11.5 Å². The Hall–Kier alpha value is -2.53. The standard InChI is InChI=1S/C19H23NO4/c1-20(10-9-19(21)22)13-15-11-17(23-2)18(24-3)12-16(15)14-7-5-4-6-8-14/h4-8,11-12H,9-10,13H2,1-3H3,(H,21,22). The van der Waals surface area contributed by atoms with Gasteiger partial charge in [0.1, 0.15) is 0 Å². The number of benzene rings is 2. The summed E-state index contributed by atoms with van der Waals surface area (Å²) in [5.74, 6) is 0.546. The zero-order valence-electron chi connectivity index (χ0n) is 14.3. The molecule has 2 aromatic rings. The maximum absolute atomic E-state index is 10.8. The molecule has 0 aromatic heterocycles. The predicted octanol–water partition coefficient (Wildman–Crippen LogP) is 3.28. The van der Waals surface area contributed by atoms with Gasteiger partial charge in [0.2, 0.25) is 0 Å². The van der Waals surface area contributed by atoms with Crippen LogP contribution in [-0.4, -0.2) is 43.8 Å². The number of aliphatic carboxylic acids is 1. The van der Waals surface area contributed by atoms with Gasteiger partial charge in [-0.3, -0.25) is 4.79 Å². The molecule has 0 aliphatic carbocycles. The lowest BCUT2D eigenvalue weighted by molar-refractivity contribution is -0.137. The highest BCUT2D eigenvalue weighted by atomic mass is 16.5. The number of ether oxygens (including phenoxy) is 2. The number of hydrogen-bond donors (Lipinski definition) is 1. The van der Waals surface area contributed by atoms with Crippen LogP contribution in [0.15, 0.2) is 42.5 Å². The fourth-order valence-electron chi connectivity index (χ4n) is 2.59. The Balaban J connectivity index is 2.38. The highest BCUT2D eigenvalue weighted by molar-refractivity contribution is 5.71. The van der Waals surface area contributed by atoms with Gasteiger partial charge in [-0.15, -0.1) is 0 Å². The molecule has 2 rings (SSSR count). The molecule has 0 radical (unpaired) electrons. The zero-order chi connectivity index (χ0) is 17.5. The van der Waals surface area contributed by atoms with Crippen molar-refractivity contribution in [3.63, 3.8) is 0 Å². The Morgan fingerprint density at radius 2 is 1.71 bits per heavy atom. The van der Waals surface area contributed by atoms with Crippen molar-refractivity contribution in [2.24, 2.45) is 0 Å². The normalized spacial score (nSPS) is 10.7. The average molecular weight is 329 g/mol. The summed E-state index contributed by atoms with van der Waals surface area (Å²) < 4.78 is 10.8. The maximum atomic E-state index is 10.8. The Morgan fingerprint density at radius 1 is 1.08 bits per heavy atom. The first-order chi connectivity index (χ1) is 11.5. The zero-order valence-corrected chi connectivity index (χ0v) is 14.3. The third-order valence-corrected chi connectivity index (χ3v) is 3.84. The average Bonchev–Trinajstić information content (AvgIpc) is 2.60. The molecule has 0 fully saturated rings. The minimum atomic E-state index is -0.794. The number of methoxy groups -OCH3 is 2. The topological polar surface area (TPSA) is 59.0 Å². The summed E-state index contributed by atoms with van der Waals surface area (Å²) in [5, 5.41) is 8.85. The Labute approximate surface area is 142 Å². The second-order valence-corrected chi connectivity index (χ2v) is 5.61. The van der Waals surface area contributed by atoms with E-state index in [1.54, 1.807) is 14.2 Å². The summed E-state index contributed by atoms with van der Waals surface area (Å²) in [6.45, 7) is 1.11. The van der Waals surface area contributed by atoms with Gasteiger partial charge in [-0.25, -0.2) is 0 Å². The molecule has 24 heavy (non-hydrogen) atoms. The Kier molecular flexibility index (Phi) is 6.21. The fraction of sp³-hybridized carbons (Fsp3) is 0.316. The Morgan fingerprint density at radius 3 is 2.29 bits per heavy atom. The van der Waals surface area contributed by atoms with Crippen molar-refractivity contribution in [3.8, 4) is 22.6 Å². The van der Waals surface area contributed by atoms with Crippen molar-refractivity contribution < 1.29 is 19.4 Å². The molecule has 0 saturated carbocycles. The fourth-order valence-corrected chi connectivity index (χ4v) is 2.59. The van der Waals surface area contributed by atoms with Gasteiger partial charge in [-0.05, 0) is 35.9 Å². The molecule has 0 bridgehead atoms. The number of carbonyl (C=O) groups is 1. The molecule has 0 atom stereocenters. The van der Waals surface area contributed by atoms with E-state index in [0.29, 0.717) is 24.6 Å². The van der Waals surface area contributed by atoms with Gasteiger partial charge in [0.05, 0.1) is 20.6 Å². The summed E-state index contributed by atoms with van der Waals surface area (Å²) in [5.41, 5.74) is 3.20. The van der Waals surface area contributed by atoms with Crippen molar-refractivity contribution in [2.75, 3.05) is 27.8 Å². The number of carboxylic acids is 1. The number of carboxylic acid groups (broad SMARTS) is 1. The molecule has 0 amide bonds. The third-order valence-electron chi connectivity index (χ3n) is 3.84. The third kappa shape index (κ3) is 4.49. The van der Waals surface area contributed by atoms with Gasteiger partial charge in [-0.2, -0.15) is 0 Å². The van der Waals surface area contributed by atoms with Crippen LogP contribution in [-0.2, 0) is 11.3 Å². The van der Waals surface area contributed by atoms with E-state index in [0.717, 1.165) is 16.7 Å². The summed E-state index contributed by atoms with van der Waals surface area (Å²) in [6.07, 6.45) is 0.116. The van der Waals surface area contributed by atoms with Crippen LogP contribution < -0.4 is 9.47 Å². The molecule has 2 aromatic carbocycles. The minimum Gasteiger partial charge on any atom is -0.493 e. The minimum absolute atomic E-state index is 0.116. The second kappa shape index (κ2) is 8.36. The number of rotatable bonds is 8. The molecule has 5 heteroatoms. The predicted molar refractivity (Wildman–Crippen MR) is 93.6 cm³/mol. The maximum Gasteiger partial charge on any atom is 0.304 e. The van der Waals surface area contributed by atoms with E-state index in [1.165, 1.54) is 0 Å². The van der Waals surface area contributed by atoms with Crippen LogP contribution >= 0.6 is 0 Å². The van der Waals surface area contributed by atoms with E-state index >= 15 is 0 Å². The quantitative estimate of drug-likeness (QED) is 0.805. The molecule has 0 aliphatic heterocycles. The second-order valence-electron chi connectivity index (χ2n) is 5.61. The summed E-state index contributed by atoms with van der Waals surface area (Å²) in [7, 11) is 5.14. The Bertz CT molecular complexity index is 685. The van der Waals surface area contributed by atoms with E-state index < -0.39 is 5.97 Å². The lowest BCUT2D eigenvalue weighted by atomic mass is 9.98. The van der Waals surface area contributed by atoms with Crippen LogP contribution in [0.1, 0.15) is 12.0 Å². The van der Waals surface area contributed by atoms with Crippen molar-refractivity contribution >= 4 is 5.97 Å². The highest BCUT2D eigenvalue weighted by Gasteiger charge is 2.14. The van der Waals surface area contributed by atoms with Gasteiger partial charge >= 0.3 is 5.97 Å². The van der Waals surface area contributed by atoms with Crippen LogP contribution in [0.2, 0.25) is 0 Å². The van der Waals surface area contributed by atoms with Gasteiger partial charge in [-0.1, -0.05) is 30.3 Å². The SMILES string of the molecule is COc1cc(CN(C)CCC(=O)O)c(-c2ccccc2)cc1OC. The molecule has 0 unspecified atom stereocenters.